The number of carbonyl (C=O) groups is 1. The Morgan fingerprint density at radius 3 is 2.53 bits per heavy atom. The molecule has 5 rings (SSSR count). The normalized spacial score (nSPS) is 13.8. The Bertz CT molecular complexity index is 1530. The van der Waals surface area contributed by atoms with E-state index >= 15 is 0 Å². The lowest BCUT2D eigenvalue weighted by Gasteiger charge is -2.26. The number of amides is 1. The van der Waals surface area contributed by atoms with Crippen molar-refractivity contribution in [2.45, 2.75) is 38.7 Å². The van der Waals surface area contributed by atoms with Crippen LogP contribution in [0, 0.1) is 0 Å². The number of nitrogens with one attached hydrogen (secondary N) is 1. The van der Waals surface area contributed by atoms with Gasteiger partial charge in [-0.25, -0.2) is 14.7 Å². The molecule has 4 aromatic rings. The first kappa shape index (κ1) is 31.6. The van der Waals surface area contributed by atoms with Gasteiger partial charge in [-0.05, 0) is 69.1 Å². The molecule has 0 radical (unpaired) electrons. The van der Waals surface area contributed by atoms with Gasteiger partial charge >= 0.3 is 6.09 Å². The van der Waals surface area contributed by atoms with Crippen molar-refractivity contribution in [2.75, 3.05) is 50.7 Å². The maximum absolute atomic E-state index is 13.8. The molecule has 2 heterocycles. The second-order valence-corrected chi connectivity index (χ2v) is 10.8. The van der Waals surface area contributed by atoms with Gasteiger partial charge in [0, 0.05) is 36.6 Å². The van der Waals surface area contributed by atoms with Crippen LogP contribution in [-0.4, -0.2) is 61.4 Å². The first-order valence-corrected chi connectivity index (χ1v) is 15.4. The van der Waals surface area contributed by atoms with Crippen molar-refractivity contribution in [1.29, 1.82) is 0 Å². The summed E-state index contributed by atoms with van der Waals surface area (Å²) in [5.41, 5.74) is 2.06. The molecule has 1 aromatic heterocycles. The van der Waals surface area contributed by atoms with Crippen molar-refractivity contribution in [2.24, 2.45) is 0 Å². The van der Waals surface area contributed by atoms with E-state index in [0.717, 1.165) is 30.0 Å². The van der Waals surface area contributed by atoms with Gasteiger partial charge in [0.2, 0.25) is 5.95 Å². The molecule has 0 aliphatic carbocycles. The minimum absolute atomic E-state index is 0.298. The van der Waals surface area contributed by atoms with Gasteiger partial charge < -0.3 is 29.2 Å². The smallest absolute Gasteiger partial charge is 0.420 e. The number of carbonyl (C=O) groups excluding carboxylic acids is 1. The van der Waals surface area contributed by atoms with Crippen LogP contribution in [0.1, 0.15) is 44.3 Å². The van der Waals surface area contributed by atoms with Crippen LogP contribution in [0.15, 0.2) is 85.1 Å². The van der Waals surface area contributed by atoms with Crippen LogP contribution >= 0.6 is 0 Å². The summed E-state index contributed by atoms with van der Waals surface area (Å²) in [5, 5.41) is 3.25. The molecule has 45 heavy (non-hydrogen) atoms. The zero-order valence-electron chi connectivity index (χ0n) is 26.1. The number of methoxy groups -OCH3 is 2. The number of ether oxygens (including phenoxy) is 4. The van der Waals surface area contributed by atoms with Gasteiger partial charge in [0.1, 0.15) is 29.2 Å². The van der Waals surface area contributed by atoms with E-state index in [0.29, 0.717) is 35.6 Å². The third-order valence-corrected chi connectivity index (χ3v) is 7.65. The second-order valence-electron chi connectivity index (χ2n) is 10.8. The maximum Gasteiger partial charge on any atom is 0.420 e. The summed E-state index contributed by atoms with van der Waals surface area (Å²) in [6, 6.07) is 24.1. The third-order valence-electron chi connectivity index (χ3n) is 7.65. The molecule has 10 nitrogen and oxygen atoms in total. The van der Waals surface area contributed by atoms with E-state index in [1.807, 2.05) is 61.5 Å². The van der Waals surface area contributed by atoms with Gasteiger partial charge in [-0.1, -0.05) is 42.8 Å². The van der Waals surface area contributed by atoms with Crippen LogP contribution < -0.4 is 24.4 Å². The lowest BCUT2D eigenvalue weighted by molar-refractivity contribution is 0.116. The zero-order chi connectivity index (χ0) is 31.4. The van der Waals surface area contributed by atoms with Crippen molar-refractivity contribution in [3.63, 3.8) is 0 Å². The lowest BCUT2D eigenvalue weighted by atomic mass is 10.1. The van der Waals surface area contributed by atoms with Crippen LogP contribution in [-0.2, 0) is 4.74 Å². The molecule has 0 bridgehead atoms. The number of hydrogen-bond donors (Lipinski definition) is 1. The highest BCUT2D eigenvalue weighted by Crippen LogP contribution is 2.37. The van der Waals surface area contributed by atoms with Gasteiger partial charge in [0.15, 0.2) is 0 Å². The average Bonchev–Trinajstić information content (AvgIpc) is 3.08. The standard InChI is InChI=1S/C35H41N5O5/c1-26(27-12-6-4-7-13-27)45-35(41)40(31-17-16-29(42-2)25-32(31)43-3)33-18-19-36-34(38-33)37-28-14-10-15-30(24-28)44-23-11-22-39-20-8-5-9-21-39/h4,6-7,10,12-19,24-26H,5,8-9,11,20-23H2,1-3H3,(H,36,37,38). The number of piperidine rings is 1. The highest BCUT2D eigenvalue weighted by molar-refractivity contribution is 5.97. The Hall–Kier alpha value is -4.83. The highest BCUT2D eigenvalue weighted by Gasteiger charge is 2.27. The van der Waals surface area contributed by atoms with E-state index in [-0.39, 0.29) is 0 Å². The van der Waals surface area contributed by atoms with E-state index < -0.39 is 12.2 Å². The van der Waals surface area contributed by atoms with E-state index in [4.69, 9.17) is 23.9 Å². The molecule has 236 valence electrons. The third kappa shape index (κ3) is 8.63. The molecule has 1 aliphatic rings. The number of nitrogens with zero attached hydrogens (tertiary/aromatic N) is 4. The highest BCUT2D eigenvalue weighted by atomic mass is 16.6. The van der Waals surface area contributed by atoms with Gasteiger partial charge in [-0.3, -0.25) is 0 Å². The van der Waals surface area contributed by atoms with Crippen molar-refractivity contribution >= 4 is 29.2 Å². The van der Waals surface area contributed by atoms with Crippen molar-refractivity contribution < 1.29 is 23.7 Å². The van der Waals surface area contributed by atoms with Gasteiger partial charge in [-0.2, -0.15) is 4.98 Å². The summed E-state index contributed by atoms with van der Waals surface area (Å²) in [6.45, 7) is 5.90. The Labute approximate surface area is 264 Å². The lowest BCUT2D eigenvalue weighted by Crippen LogP contribution is -2.31. The van der Waals surface area contributed by atoms with Gasteiger partial charge in [0.05, 0.1) is 26.5 Å². The van der Waals surface area contributed by atoms with Crippen LogP contribution in [0.4, 0.5) is 27.9 Å². The molecule has 1 atom stereocenters. The Morgan fingerprint density at radius 2 is 1.76 bits per heavy atom. The molecule has 1 N–H and O–H groups in total. The molecule has 1 saturated heterocycles. The molecular formula is C35H41N5O5. The van der Waals surface area contributed by atoms with Crippen LogP contribution in [0.2, 0.25) is 0 Å². The Balaban J connectivity index is 1.33. The Kier molecular flexibility index (Phi) is 11.1. The molecular weight excluding hydrogens is 570 g/mol. The maximum atomic E-state index is 13.8. The topological polar surface area (TPSA) is 98.3 Å². The fraction of sp³-hybridized carbons (Fsp3) is 0.343. The number of hydrogen-bond acceptors (Lipinski definition) is 9. The van der Waals surface area contributed by atoms with Crippen molar-refractivity contribution in [3.8, 4) is 17.2 Å². The zero-order valence-corrected chi connectivity index (χ0v) is 26.1. The summed E-state index contributed by atoms with van der Waals surface area (Å²) in [5.74, 6) is 2.36. The van der Waals surface area contributed by atoms with Gasteiger partial charge in [-0.15, -0.1) is 0 Å². The summed E-state index contributed by atoms with van der Waals surface area (Å²) in [6.07, 6.45) is 5.35. The molecule has 10 heteroatoms. The molecule has 1 fully saturated rings. The summed E-state index contributed by atoms with van der Waals surface area (Å²) in [4.78, 5) is 26.8. The van der Waals surface area contributed by atoms with Crippen LogP contribution in [0.5, 0.6) is 17.2 Å². The molecule has 0 spiro atoms. The van der Waals surface area contributed by atoms with Gasteiger partial charge in [0.25, 0.3) is 0 Å². The fourth-order valence-electron chi connectivity index (χ4n) is 5.27. The van der Waals surface area contributed by atoms with Crippen molar-refractivity contribution in [3.05, 3.63) is 90.6 Å². The number of likely N-dealkylation sites (tertiary alicyclic amines) is 1. The van der Waals surface area contributed by atoms with E-state index in [2.05, 4.69) is 15.2 Å². The quantitative estimate of drug-likeness (QED) is 0.154. The number of anilines is 4. The first-order valence-electron chi connectivity index (χ1n) is 15.4. The van der Waals surface area contributed by atoms with Crippen LogP contribution in [0.25, 0.3) is 0 Å². The fourth-order valence-corrected chi connectivity index (χ4v) is 5.27. The van der Waals surface area contributed by atoms with E-state index in [1.54, 1.807) is 37.6 Å². The predicted molar refractivity (Wildman–Crippen MR) is 175 cm³/mol. The number of aromatic nitrogens is 2. The number of rotatable bonds is 13. The summed E-state index contributed by atoms with van der Waals surface area (Å²) < 4.78 is 23.0. The second kappa shape index (κ2) is 15.8. The minimum Gasteiger partial charge on any atom is -0.497 e. The monoisotopic (exact) mass is 611 g/mol. The predicted octanol–water partition coefficient (Wildman–Crippen LogP) is 7.53. The molecule has 1 aliphatic heterocycles. The minimum atomic E-state index is -0.626. The van der Waals surface area contributed by atoms with E-state index in [1.165, 1.54) is 44.4 Å². The average molecular weight is 612 g/mol. The van der Waals surface area contributed by atoms with Crippen LogP contribution in [0.3, 0.4) is 0 Å². The molecule has 0 saturated carbocycles. The molecule has 1 amide bonds. The summed E-state index contributed by atoms with van der Waals surface area (Å²) >= 11 is 0. The molecule has 3 aromatic carbocycles. The van der Waals surface area contributed by atoms with E-state index in [9.17, 15) is 4.79 Å². The molecule has 1 unspecified atom stereocenters. The SMILES string of the molecule is COc1ccc(N(C(=O)OC(C)c2ccccc2)c2ccnc(Nc3cccc(OCCCN4CCCCC4)c3)n2)c(OC)c1. The Morgan fingerprint density at radius 1 is 0.933 bits per heavy atom. The summed E-state index contributed by atoms with van der Waals surface area (Å²) in [7, 11) is 3.10. The van der Waals surface area contributed by atoms with Crippen molar-refractivity contribution in [1.82, 2.24) is 14.9 Å². The first-order chi connectivity index (χ1) is 22.0. The largest absolute Gasteiger partial charge is 0.497 e. The number of benzene rings is 3.